The van der Waals surface area contributed by atoms with E-state index in [1.165, 1.54) is 19.2 Å². The fourth-order valence-electron chi connectivity index (χ4n) is 1.87. The van der Waals surface area contributed by atoms with Crippen LogP contribution in [-0.4, -0.2) is 25.8 Å². The quantitative estimate of drug-likeness (QED) is 0.740. The smallest absolute Gasteiger partial charge is 0.272 e. The largest absolute Gasteiger partial charge is 0.343 e. The van der Waals surface area contributed by atoms with E-state index in [9.17, 15) is 9.59 Å². The number of carbonyl (C=O) groups is 1. The highest BCUT2D eigenvalue weighted by atomic mass is 32.1. The molecule has 0 saturated heterocycles. The van der Waals surface area contributed by atoms with E-state index < -0.39 is 5.91 Å². The number of aryl methyl sites for hydroxylation is 1. The summed E-state index contributed by atoms with van der Waals surface area (Å²) in [5, 5.41) is 12.3. The Morgan fingerprint density at radius 1 is 1.39 bits per heavy atom. The summed E-state index contributed by atoms with van der Waals surface area (Å²) in [5.41, 5.74) is -0.132. The number of hydrogen-bond donors (Lipinski definition) is 1. The van der Waals surface area contributed by atoms with Crippen molar-refractivity contribution in [2.24, 2.45) is 7.05 Å². The summed E-state index contributed by atoms with van der Waals surface area (Å²) in [4.78, 5) is 28.6. The molecule has 23 heavy (non-hydrogen) atoms. The zero-order chi connectivity index (χ0) is 16.2. The summed E-state index contributed by atoms with van der Waals surface area (Å²) < 4.78 is 6.24. The SMILES string of the molecule is Cn1nc(C(=O)NCc2noc(Cc3cccs3)n2)ccc1=O. The molecule has 1 amide bonds. The van der Waals surface area contributed by atoms with Crippen LogP contribution in [0.5, 0.6) is 0 Å². The summed E-state index contributed by atoms with van der Waals surface area (Å²) in [5.74, 6) is 0.469. The molecule has 1 N–H and O–H groups in total. The second-order valence-electron chi connectivity index (χ2n) is 4.72. The van der Waals surface area contributed by atoms with E-state index in [0.717, 1.165) is 9.56 Å². The molecule has 118 valence electrons. The Morgan fingerprint density at radius 3 is 3.00 bits per heavy atom. The lowest BCUT2D eigenvalue weighted by molar-refractivity contribution is 0.0942. The van der Waals surface area contributed by atoms with Crippen LogP contribution in [0.25, 0.3) is 0 Å². The zero-order valence-corrected chi connectivity index (χ0v) is 13.0. The molecule has 0 bridgehead atoms. The van der Waals surface area contributed by atoms with Crippen LogP contribution in [0.15, 0.2) is 39.0 Å². The van der Waals surface area contributed by atoms with Crippen LogP contribution in [0, 0.1) is 0 Å². The molecule has 0 unspecified atom stereocenters. The van der Waals surface area contributed by atoms with Crippen molar-refractivity contribution in [2.75, 3.05) is 0 Å². The predicted octanol–water partition coefficient (Wildman–Crippen LogP) is 0.746. The van der Waals surface area contributed by atoms with Crippen LogP contribution < -0.4 is 10.9 Å². The first-order valence-electron chi connectivity index (χ1n) is 6.78. The molecule has 0 saturated carbocycles. The third kappa shape index (κ3) is 3.69. The highest BCUT2D eigenvalue weighted by Crippen LogP contribution is 2.13. The van der Waals surface area contributed by atoms with Gasteiger partial charge in [0.25, 0.3) is 11.5 Å². The normalized spacial score (nSPS) is 10.7. The van der Waals surface area contributed by atoms with Crippen LogP contribution in [0.3, 0.4) is 0 Å². The lowest BCUT2D eigenvalue weighted by atomic mass is 10.3. The van der Waals surface area contributed by atoms with Gasteiger partial charge in [0.05, 0.1) is 13.0 Å². The molecule has 8 nitrogen and oxygen atoms in total. The average Bonchev–Trinajstić information content (AvgIpc) is 3.20. The Kier molecular flexibility index (Phi) is 4.29. The maximum Gasteiger partial charge on any atom is 0.272 e. The molecule has 3 heterocycles. The van der Waals surface area contributed by atoms with Crippen molar-refractivity contribution < 1.29 is 9.32 Å². The van der Waals surface area contributed by atoms with Crippen LogP contribution in [0.1, 0.15) is 27.1 Å². The van der Waals surface area contributed by atoms with Gasteiger partial charge in [-0.2, -0.15) is 10.1 Å². The molecular formula is C14H13N5O3S. The monoisotopic (exact) mass is 331 g/mol. The van der Waals surface area contributed by atoms with E-state index in [1.54, 1.807) is 11.3 Å². The maximum absolute atomic E-state index is 12.0. The molecule has 0 aliphatic rings. The van der Waals surface area contributed by atoms with Gasteiger partial charge >= 0.3 is 0 Å². The lowest BCUT2D eigenvalue weighted by Crippen LogP contribution is -2.28. The number of hydrogen-bond acceptors (Lipinski definition) is 7. The minimum Gasteiger partial charge on any atom is -0.343 e. The van der Waals surface area contributed by atoms with E-state index in [4.69, 9.17) is 4.52 Å². The predicted molar refractivity (Wildman–Crippen MR) is 82.1 cm³/mol. The van der Waals surface area contributed by atoms with Gasteiger partial charge in [0.1, 0.15) is 5.69 Å². The van der Waals surface area contributed by atoms with Crippen molar-refractivity contribution in [1.82, 2.24) is 25.2 Å². The third-order valence-corrected chi connectivity index (χ3v) is 3.89. The average molecular weight is 331 g/mol. The Labute approximate surface area is 134 Å². The molecule has 0 fully saturated rings. The fourth-order valence-corrected chi connectivity index (χ4v) is 2.57. The Bertz CT molecular complexity index is 869. The lowest BCUT2D eigenvalue weighted by Gasteiger charge is -2.02. The topological polar surface area (TPSA) is 103 Å². The van der Waals surface area contributed by atoms with Crippen molar-refractivity contribution >= 4 is 17.2 Å². The summed E-state index contributed by atoms with van der Waals surface area (Å²) in [6.07, 6.45) is 0.570. The molecular weight excluding hydrogens is 318 g/mol. The molecule has 0 atom stereocenters. The first-order chi connectivity index (χ1) is 11.1. The molecule has 9 heteroatoms. The Hall–Kier alpha value is -2.81. The van der Waals surface area contributed by atoms with Gasteiger partial charge < -0.3 is 9.84 Å². The van der Waals surface area contributed by atoms with Crippen LogP contribution in [-0.2, 0) is 20.0 Å². The Morgan fingerprint density at radius 2 is 2.26 bits per heavy atom. The van der Waals surface area contributed by atoms with Gasteiger partial charge in [0, 0.05) is 18.0 Å². The number of nitrogens with one attached hydrogen (secondary N) is 1. The van der Waals surface area contributed by atoms with Gasteiger partial charge in [-0.25, -0.2) is 4.68 Å². The van der Waals surface area contributed by atoms with Gasteiger partial charge in [-0.3, -0.25) is 9.59 Å². The zero-order valence-electron chi connectivity index (χ0n) is 12.2. The van der Waals surface area contributed by atoms with Crippen LogP contribution in [0.2, 0.25) is 0 Å². The summed E-state index contributed by atoms with van der Waals surface area (Å²) >= 11 is 1.61. The number of rotatable bonds is 5. The van der Waals surface area contributed by atoms with E-state index in [0.29, 0.717) is 18.1 Å². The third-order valence-electron chi connectivity index (χ3n) is 3.02. The first kappa shape index (κ1) is 15.1. The number of aromatic nitrogens is 4. The molecule has 0 aliphatic carbocycles. The molecule has 0 spiro atoms. The van der Waals surface area contributed by atoms with Gasteiger partial charge in [-0.05, 0) is 17.5 Å². The number of nitrogens with zero attached hydrogens (tertiary/aromatic N) is 4. The summed E-state index contributed by atoms with van der Waals surface area (Å²) in [7, 11) is 1.48. The first-order valence-corrected chi connectivity index (χ1v) is 7.66. The summed E-state index contributed by atoms with van der Waals surface area (Å²) in [6, 6.07) is 6.60. The molecule has 0 aromatic carbocycles. The Balaban J connectivity index is 1.59. The second kappa shape index (κ2) is 6.53. The molecule has 0 aliphatic heterocycles. The second-order valence-corrected chi connectivity index (χ2v) is 5.76. The van der Waals surface area contributed by atoms with Gasteiger partial charge in [-0.1, -0.05) is 11.2 Å². The number of carbonyl (C=O) groups excluding carboxylic acids is 1. The number of amides is 1. The van der Waals surface area contributed by atoms with E-state index >= 15 is 0 Å². The summed E-state index contributed by atoms with van der Waals surface area (Å²) in [6.45, 7) is 0.122. The van der Waals surface area contributed by atoms with Crippen molar-refractivity contribution in [3.63, 3.8) is 0 Å². The van der Waals surface area contributed by atoms with Crippen molar-refractivity contribution in [2.45, 2.75) is 13.0 Å². The molecule has 3 aromatic heterocycles. The standard InChI is InChI=1S/C14H13N5O3S/c1-19-13(20)5-4-10(17-19)14(21)15-8-11-16-12(22-18-11)7-9-3-2-6-23-9/h2-6H,7-8H2,1H3,(H,15,21). The molecule has 3 aromatic rings. The van der Waals surface area contributed by atoms with E-state index in [2.05, 4.69) is 20.6 Å². The van der Waals surface area contributed by atoms with Crippen molar-refractivity contribution in [3.05, 3.63) is 62.3 Å². The van der Waals surface area contributed by atoms with Gasteiger partial charge in [-0.15, -0.1) is 11.3 Å². The highest BCUT2D eigenvalue weighted by molar-refractivity contribution is 7.09. The van der Waals surface area contributed by atoms with Crippen molar-refractivity contribution in [1.29, 1.82) is 0 Å². The minimum absolute atomic E-state index is 0.122. The maximum atomic E-state index is 12.0. The molecule has 3 rings (SSSR count). The molecule has 0 radical (unpaired) electrons. The number of thiophene rings is 1. The van der Waals surface area contributed by atoms with E-state index in [-0.39, 0.29) is 17.8 Å². The minimum atomic E-state index is -0.412. The van der Waals surface area contributed by atoms with Gasteiger partial charge in [0.15, 0.2) is 5.82 Å². The van der Waals surface area contributed by atoms with Gasteiger partial charge in [0.2, 0.25) is 5.89 Å². The van der Waals surface area contributed by atoms with Crippen LogP contribution >= 0.6 is 11.3 Å². The van der Waals surface area contributed by atoms with Crippen LogP contribution in [0.4, 0.5) is 0 Å². The van der Waals surface area contributed by atoms with Crippen molar-refractivity contribution in [3.8, 4) is 0 Å². The highest BCUT2D eigenvalue weighted by Gasteiger charge is 2.12. The fraction of sp³-hybridized carbons (Fsp3) is 0.214. The van der Waals surface area contributed by atoms with E-state index in [1.807, 2.05) is 17.5 Å².